The molecule has 2 N–H and O–H groups in total. The van der Waals surface area contributed by atoms with Gasteiger partial charge in [0.1, 0.15) is 0 Å². The first-order valence-electron chi connectivity index (χ1n) is 9.88. The molecule has 0 atom stereocenters. The third-order valence-corrected chi connectivity index (χ3v) is 4.93. The topological polar surface area (TPSA) is 58.1 Å². The summed E-state index contributed by atoms with van der Waals surface area (Å²) in [5, 5.41) is 6.76. The van der Waals surface area contributed by atoms with E-state index in [4.69, 9.17) is 9.47 Å². The third kappa shape index (κ3) is 5.67. The molecule has 1 aliphatic rings. The number of nitrogens with one attached hydrogen (secondary N) is 2. The van der Waals surface area contributed by atoms with Crippen LogP contribution < -0.4 is 25.0 Å². The van der Waals surface area contributed by atoms with Crippen LogP contribution in [0.5, 0.6) is 11.5 Å². The molecule has 0 aliphatic carbocycles. The molecule has 2 aromatic rings. The van der Waals surface area contributed by atoms with Gasteiger partial charge in [-0.25, -0.2) is 0 Å². The van der Waals surface area contributed by atoms with Crippen molar-refractivity contribution in [2.75, 3.05) is 45.8 Å². The maximum atomic E-state index is 5.37. The molecule has 6 nitrogen and oxygen atoms in total. The highest BCUT2D eigenvalue weighted by Gasteiger charge is 2.08. The Morgan fingerprint density at radius 2 is 1.76 bits per heavy atom. The van der Waals surface area contributed by atoms with Gasteiger partial charge in [-0.05, 0) is 41.8 Å². The lowest BCUT2D eigenvalue weighted by atomic mass is 10.1. The fraction of sp³-hybridized carbons (Fsp3) is 0.348. The van der Waals surface area contributed by atoms with Crippen molar-refractivity contribution in [1.29, 1.82) is 0 Å². The van der Waals surface area contributed by atoms with E-state index in [9.17, 15) is 0 Å². The number of nitrogens with zero attached hydrogens (tertiary/aromatic N) is 2. The minimum absolute atomic E-state index is 0.727. The number of methoxy groups -OCH3 is 2. The number of anilines is 1. The summed E-state index contributed by atoms with van der Waals surface area (Å²) < 4.78 is 10.7. The third-order valence-electron chi connectivity index (χ3n) is 4.93. The van der Waals surface area contributed by atoms with Gasteiger partial charge < -0.3 is 25.0 Å². The maximum absolute atomic E-state index is 5.37. The minimum atomic E-state index is 0.727. The summed E-state index contributed by atoms with van der Waals surface area (Å²) in [5.74, 6) is 2.29. The van der Waals surface area contributed by atoms with Gasteiger partial charge in [-0.2, -0.15) is 0 Å². The Hall–Kier alpha value is -3.15. The maximum Gasteiger partial charge on any atom is 0.191 e. The lowest BCUT2D eigenvalue weighted by Gasteiger charge is -2.19. The average molecular weight is 395 g/mol. The van der Waals surface area contributed by atoms with Crippen molar-refractivity contribution in [3.63, 3.8) is 0 Å². The normalized spacial score (nSPS) is 13.5. The van der Waals surface area contributed by atoms with Crippen molar-refractivity contribution in [3.8, 4) is 11.5 Å². The smallest absolute Gasteiger partial charge is 0.191 e. The fourth-order valence-corrected chi connectivity index (χ4v) is 3.32. The van der Waals surface area contributed by atoms with Crippen molar-refractivity contribution >= 4 is 11.6 Å². The van der Waals surface area contributed by atoms with Crippen LogP contribution in [-0.2, 0) is 13.0 Å². The van der Waals surface area contributed by atoms with Gasteiger partial charge in [0.25, 0.3) is 0 Å². The van der Waals surface area contributed by atoms with Gasteiger partial charge in [0, 0.05) is 38.9 Å². The predicted molar refractivity (Wildman–Crippen MR) is 119 cm³/mol. The van der Waals surface area contributed by atoms with Crippen LogP contribution >= 0.6 is 0 Å². The second-order valence-corrected chi connectivity index (χ2v) is 6.84. The molecular formula is C23H30N4O2. The van der Waals surface area contributed by atoms with E-state index in [1.165, 1.54) is 16.8 Å². The zero-order valence-corrected chi connectivity index (χ0v) is 17.4. The molecule has 29 heavy (non-hydrogen) atoms. The highest BCUT2D eigenvalue weighted by atomic mass is 16.5. The monoisotopic (exact) mass is 394 g/mol. The highest BCUT2D eigenvalue weighted by Crippen LogP contribution is 2.27. The largest absolute Gasteiger partial charge is 0.493 e. The number of benzene rings is 2. The predicted octanol–water partition coefficient (Wildman–Crippen LogP) is 2.99. The van der Waals surface area contributed by atoms with E-state index in [-0.39, 0.29) is 0 Å². The number of aliphatic imine (C=N–C) groups is 1. The Bertz CT molecular complexity index is 856. The number of hydrogen-bond donors (Lipinski definition) is 2. The van der Waals surface area contributed by atoms with E-state index in [1.54, 1.807) is 21.3 Å². The average Bonchev–Trinajstić information content (AvgIpc) is 3.31. The standard InChI is InChI=1S/C23H30N4O2/c1-24-23(25-12-11-18-9-10-21(28-2)22(16-18)29-3)26-17-19-7-6-8-20(15-19)27-13-4-5-14-27/h4-10,15-16H,11-14,17H2,1-3H3,(H2,24,25,26). The zero-order chi connectivity index (χ0) is 20.5. The van der Waals surface area contributed by atoms with E-state index >= 15 is 0 Å². The number of ether oxygens (including phenoxy) is 2. The second-order valence-electron chi connectivity index (χ2n) is 6.84. The molecule has 0 bridgehead atoms. The molecule has 2 aromatic carbocycles. The van der Waals surface area contributed by atoms with Gasteiger partial charge in [-0.15, -0.1) is 0 Å². The van der Waals surface area contributed by atoms with Crippen LogP contribution in [0.2, 0.25) is 0 Å². The van der Waals surface area contributed by atoms with E-state index in [0.717, 1.165) is 50.1 Å². The van der Waals surface area contributed by atoms with Crippen LogP contribution in [-0.4, -0.2) is 46.9 Å². The quantitative estimate of drug-likeness (QED) is 0.410. The summed E-state index contributed by atoms with van der Waals surface area (Å²) >= 11 is 0. The molecule has 0 aromatic heterocycles. The van der Waals surface area contributed by atoms with Gasteiger partial charge >= 0.3 is 0 Å². The molecule has 0 radical (unpaired) electrons. The highest BCUT2D eigenvalue weighted by molar-refractivity contribution is 5.79. The lowest BCUT2D eigenvalue weighted by Crippen LogP contribution is -2.37. The van der Waals surface area contributed by atoms with Crippen molar-refractivity contribution < 1.29 is 9.47 Å². The Morgan fingerprint density at radius 1 is 0.966 bits per heavy atom. The van der Waals surface area contributed by atoms with Gasteiger partial charge in [-0.3, -0.25) is 4.99 Å². The van der Waals surface area contributed by atoms with E-state index in [0.29, 0.717) is 0 Å². The van der Waals surface area contributed by atoms with Crippen molar-refractivity contribution in [2.45, 2.75) is 13.0 Å². The summed E-state index contributed by atoms with van der Waals surface area (Å²) in [6.07, 6.45) is 5.27. The Morgan fingerprint density at radius 3 is 2.48 bits per heavy atom. The van der Waals surface area contributed by atoms with Crippen molar-refractivity contribution in [2.24, 2.45) is 4.99 Å². The van der Waals surface area contributed by atoms with Gasteiger partial charge in [0.15, 0.2) is 17.5 Å². The van der Waals surface area contributed by atoms with Gasteiger partial charge in [-0.1, -0.05) is 30.4 Å². The minimum Gasteiger partial charge on any atom is -0.493 e. The SMILES string of the molecule is CN=C(NCCc1ccc(OC)c(OC)c1)NCc1cccc(N2CC=CC2)c1. The van der Waals surface area contributed by atoms with Crippen molar-refractivity contribution in [1.82, 2.24) is 10.6 Å². The summed E-state index contributed by atoms with van der Waals surface area (Å²) in [7, 11) is 5.09. The van der Waals surface area contributed by atoms with Crippen LogP contribution in [0, 0.1) is 0 Å². The first-order chi connectivity index (χ1) is 14.2. The molecule has 3 rings (SSSR count). The Kier molecular flexibility index (Phi) is 7.39. The molecule has 0 saturated heterocycles. The van der Waals surface area contributed by atoms with Crippen LogP contribution in [0.3, 0.4) is 0 Å². The lowest BCUT2D eigenvalue weighted by molar-refractivity contribution is 0.354. The number of hydrogen-bond acceptors (Lipinski definition) is 4. The van der Waals surface area contributed by atoms with Crippen LogP contribution in [0.25, 0.3) is 0 Å². The Labute approximate surface area is 173 Å². The first kappa shape index (κ1) is 20.6. The summed E-state index contributed by atoms with van der Waals surface area (Å²) in [6.45, 7) is 3.46. The number of guanidine groups is 1. The zero-order valence-electron chi connectivity index (χ0n) is 17.4. The van der Waals surface area contributed by atoms with Crippen LogP contribution in [0.15, 0.2) is 59.6 Å². The van der Waals surface area contributed by atoms with Crippen molar-refractivity contribution in [3.05, 3.63) is 65.7 Å². The molecule has 0 spiro atoms. The van der Waals surface area contributed by atoms with Crippen LogP contribution in [0.4, 0.5) is 5.69 Å². The van der Waals surface area contributed by atoms with Crippen LogP contribution in [0.1, 0.15) is 11.1 Å². The molecular weight excluding hydrogens is 364 g/mol. The van der Waals surface area contributed by atoms with Gasteiger partial charge in [0.2, 0.25) is 0 Å². The molecule has 0 fully saturated rings. The first-order valence-corrected chi connectivity index (χ1v) is 9.88. The molecule has 6 heteroatoms. The number of rotatable bonds is 8. The summed E-state index contributed by atoms with van der Waals surface area (Å²) in [5.41, 5.74) is 3.67. The molecule has 1 aliphatic heterocycles. The molecule has 154 valence electrons. The van der Waals surface area contributed by atoms with Gasteiger partial charge in [0.05, 0.1) is 14.2 Å². The summed E-state index contributed by atoms with van der Waals surface area (Å²) in [4.78, 5) is 6.67. The molecule has 0 amide bonds. The fourth-order valence-electron chi connectivity index (χ4n) is 3.32. The van der Waals surface area contributed by atoms with E-state index < -0.39 is 0 Å². The second kappa shape index (κ2) is 10.4. The van der Waals surface area contributed by atoms with E-state index in [1.807, 2.05) is 12.1 Å². The molecule has 0 saturated carbocycles. The summed E-state index contributed by atoms with van der Waals surface area (Å²) in [6, 6.07) is 14.6. The molecule has 1 heterocycles. The Balaban J connectivity index is 1.48. The van der Waals surface area contributed by atoms with E-state index in [2.05, 4.69) is 63.0 Å². The molecule has 0 unspecified atom stereocenters.